The van der Waals surface area contributed by atoms with E-state index in [1.54, 1.807) is 7.05 Å². The monoisotopic (exact) mass is 227 g/mol. The summed E-state index contributed by atoms with van der Waals surface area (Å²) in [6.45, 7) is 0.617. The number of nitriles is 1. The number of nitrogens with zero attached hydrogens (tertiary/aromatic N) is 3. The van der Waals surface area contributed by atoms with Crippen LogP contribution >= 0.6 is 0 Å². The lowest BCUT2D eigenvalue weighted by atomic mass is 10.2. The van der Waals surface area contributed by atoms with E-state index in [0.717, 1.165) is 5.56 Å². The van der Waals surface area contributed by atoms with Gasteiger partial charge in [-0.15, -0.1) is 0 Å². The Bertz CT molecular complexity index is 550. The second kappa shape index (κ2) is 4.58. The lowest BCUT2D eigenvalue weighted by Crippen LogP contribution is -2.01. The van der Waals surface area contributed by atoms with E-state index in [4.69, 9.17) is 11.0 Å². The summed E-state index contributed by atoms with van der Waals surface area (Å²) in [6.07, 6.45) is 0. The molecule has 0 spiro atoms. The molecule has 1 aromatic carbocycles. The third-order valence-electron chi connectivity index (χ3n) is 2.51. The van der Waals surface area contributed by atoms with Crippen molar-refractivity contribution in [2.75, 3.05) is 11.1 Å². The summed E-state index contributed by atoms with van der Waals surface area (Å²) >= 11 is 0. The van der Waals surface area contributed by atoms with Gasteiger partial charge in [0.15, 0.2) is 5.82 Å². The molecule has 1 aromatic heterocycles. The lowest BCUT2D eigenvalue weighted by Gasteiger charge is -2.02. The molecule has 0 aliphatic heterocycles. The summed E-state index contributed by atoms with van der Waals surface area (Å²) in [5, 5.41) is 16.2. The van der Waals surface area contributed by atoms with Crippen LogP contribution in [0.2, 0.25) is 0 Å². The van der Waals surface area contributed by atoms with Crippen LogP contribution in [0, 0.1) is 11.3 Å². The number of aryl methyl sites for hydroxylation is 1. The smallest absolute Gasteiger partial charge is 0.168 e. The largest absolute Gasteiger partial charge is 0.383 e. The van der Waals surface area contributed by atoms with Gasteiger partial charge in [0.25, 0.3) is 0 Å². The molecule has 2 aromatic rings. The Balaban J connectivity index is 2.15. The van der Waals surface area contributed by atoms with Crippen molar-refractivity contribution >= 4 is 11.6 Å². The number of nitrogens with one attached hydrogen (secondary N) is 1. The molecule has 2 rings (SSSR count). The van der Waals surface area contributed by atoms with E-state index in [0.29, 0.717) is 23.7 Å². The van der Waals surface area contributed by atoms with Gasteiger partial charge in [0.2, 0.25) is 0 Å². The summed E-state index contributed by atoms with van der Waals surface area (Å²) < 4.78 is 1.49. The number of nitrogens with two attached hydrogens (primary N) is 1. The molecule has 0 unspecified atom stereocenters. The van der Waals surface area contributed by atoms with E-state index in [1.807, 2.05) is 30.3 Å². The van der Waals surface area contributed by atoms with Crippen LogP contribution in [0.4, 0.5) is 11.6 Å². The molecule has 86 valence electrons. The first-order chi connectivity index (χ1) is 8.22. The minimum atomic E-state index is 0.378. The predicted molar refractivity (Wildman–Crippen MR) is 66.1 cm³/mol. The Hall–Kier alpha value is -2.48. The minimum absolute atomic E-state index is 0.378. The Kier molecular flexibility index (Phi) is 2.97. The molecule has 0 bridgehead atoms. The van der Waals surface area contributed by atoms with Crippen LogP contribution in [0.15, 0.2) is 30.3 Å². The summed E-state index contributed by atoms with van der Waals surface area (Å²) in [7, 11) is 1.71. The average Bonchev–Trinajstić information content (AvgIpc) is 2.63. The van der Waals surface area contributed by atoms with Crippen molar-refractivity contribution in [3.05, 3.63) is 41.5 Å². The molecular weight excluding hydrogens is 214 g/mol. The van der Waals surface area contributed by atoms with Crippen LogP contribution in [0.5, 0.6) is 0 Å². The zero-order chi connectivity index (χ0) is 12.3. The summed E-state index contributed by atoms with van der Waals surface area (Å²) in [6, 6.07) is 12.0. The molecule has 0 saturated heterocycles. The standard InChI is InChI=1S/C12H13N5/c1-17-11(14)10(7-13)12(16-17)15-8-9-5-3-2-4-6-9/h2-6H,8,14H2,1H3,(H,15,16). The Morgan fingerprint density at radius 2 is 2.12 bits per heavy atom. The molecule has 17 heavy (non-hydrogen) atoms. The van der Waals surface area contributed by atoms with Crippen LogP contribution < -0.4 is 11.1 Å². The third-order valence-corrected chi connectivity index (χ3v) is 2.51. The molecule has 5 heteroatoms. The molecule has 5 nitrogen and oxygen atoms in total. The van der Waals surface area contributed by atoms with Gasteiger partial charge in [-0.1, -0.05) is 30.3 Å². The Morgan fingerprint density at radius 3 is 2.76 bits per heavy atom. The molecule has 0 atom stereocenters. The first-order valence-electron chi connectivity index (χ1n) is 5.22. The number of hydrogen-bond acceptors (Lipinski definition) is 4. The topological polar surface area (TPSA) is 79.7 Å². The molecule has 0 saturated carbocycles. The first kappa shape index (κ1) is 11.0. The Morgan fingerprint density at radius 1 is 1.41 bits per heavy atom. The van der Waals surface area contributed by atoms with E-state index >= 15 is 0 Å². The molecule has 3 N–H and O–H groups in total. The molecule has 0 amide bonds. The molecular formula is C12H13N5. The van der Waals surface area contributed by atoms with Gasteiger partial charge in [-0.25, -0.2) is 4.68 Å². The quantitative estimate of drug-likeness (QED) is 0.832. The molecule has 0 fully saturated rings. The van der Waals surface area contributed by atoms with E-state index < -0.39 is 0 Å². The number of benzene rings is 1. The highest BCUT2D eigenvalue weighted by atomic mass is 15.3. The van der Waals surface area contributed by atoms with Gasteiger partial charge in [-0.2, -0.15) is 10.4 Å². The maximum atomic E-state index is 8.99. The van der Waals surface area contributed by atoms with Crippen LogP contribution in [-0.2, 0) is 13.6 Å². The molecule has 0 aliphatic carbocycles. The van der Waals surface area contributed by atoms with E-state index in [-0.39, 0.29) is 0 Å². The van der Waals surface area contributed by atoms with E-state index in [2.05, 4.69) is 16.5 Å². The summed E-state index contributed by atoms with van der Waals surface area (Å²) in [5.74, 6) is 0.902. The minimum Gasteiger partial charge on any atom is -0.383 e. The zero-order valence-corrected chi connectivity index (χ0v) is 9.51. The average molecular weight is 227 g/mol. The van der Waals surface area contributed by atoms with E-state index in [9.17, 15) is 0 Å². The second-order valence-corrected chi connectivity index (χ2v) is 3.68. The van der Waals surface area contributed by atoms with Crippen molar-refractivity contribution in [1.82, 2.24) is 9.78 Å². The van der Waals surface area contributed by atoms with Crippen molar-refractivity contribution < 1.29 is 0 Å². The van der Waals surface area contributed by atoms with Crippen LogP contribution in [0.1, 0.15) is 11.1 Å². The van der Waals surface area contributed by atoms with Gasteiger partial charge in [0.05, 0.1) is 0 Å². The summed E-state index contributed by atoms with van der Waals surface area (Å²) in [5.41, 5.74) is 7.24. The number of anilines is 2. The first-order valence-corrected chi connectivity index (χ1v) is 5.22. The maximum Gasteiger partial charge on any atom is 0.168 e. The summed E-state index contributed by atoms with van der Waals surface area (Å²) in [4.78, 5) is 0. The number of aromatic nitrogens is 2. The number of hydrogen-bond donors (Lipinski definition) is 2. The highest BCUT2D eigenvalue weighted by Gasteiger charge is 2.12. The van der Waals surface area contributed by atoms with E-state index in [1.165, 1.54) is 4.68 Å². The van der Waals surface area contributed by atoms with Crippen molar-refractivity contribution in [2.45, 2.75) is 6.54 Å². The highest BCUT2D eigenvalue weighted by Crippen LogP contribution is 2.19. The van der Waals surface area contributed by atoms with Crippen LogP contribution in [-0.4, -0.2) is 9.78 Å². The van der Waals surface area contributed by atoms with Gasteiger partial charge in [-0.3, -0.25) is 0 Å². The van der Waals surface area contributed by atoms with Gasteiger partial charge in [-0.05, 0) is 5.56 Å². The molecule has 1 heterocycles. The van der Waals surface area contributed by atoms with Gasteiger partial charge in [0.1, 0.15) is 17.5 Å². The Labute approximate surface area is 99.5 Å². The molecule has 0 aliphatic rings. The van der Waals surface area contributed by atoms with Crippen molar-refractivity contribution in [1.29, 1.82) is 5.26 Å². The SMILES string of the molecule is Cn1nc(NCc2ccccc2)c(C#N)c1N. The lowest BCUT2D eigenvalue weighted by molar-refractivity contribution is 0.779. The fraction of sp³-hybridized carbons (Fsp3) is 0.167. The van der Waals surface area contributed by atoms with Gasteiger partial charge in [0, 0.05) is 13.6 Å². The van der Waals surface area contributed by atoms with Crippen molar-refractivity contribution in [2.24, 2.45) is 7.05 Å². The van der Waals surface area contributed by atoms with Gasteiger partial charge < -0.3 is 11.1 Å². The zero-order valence-electron chi connectivity index (χ0n) is 9.51. The fourth-order valence-electron chi connectivity index (χ4n) is 1.55. The fourth-order valence-corrected chi connectivity index (χ4v) is 1.55. The number of rotatable bonds is 3. The van der Waals surface area contributed by atoms with Crippen LogP contribution in [0.3, 0.4) is 0 Å². The van der Waals surface area contributed by atoms with Crippen molar-refractivity contribution in [3.8, 4) is 6.07 Å². The van der Waals surface area contributed by atoms with Crippen LogP contribution in [0.25, 0.3) is 0 Å². The molecule has 0 radical (unpaired) electrons. The predicted octanol–water partition coefficient (Wildman–Crippen LogP) is 1.49. The van der Waals surface area contributed by atoms with Gasteiger partial charge >= 0.3 is 0 Å². The normalized spacial score (nSPS) is 9.88. The highest BCUT2D eigenvalue weighted by molar-refractivity contribution is 5.63. The maximum absolute atomic E-state index is 8.99. The second-order valence-electron chi connectivity index (χ2n) is 3.68. The third kappa shape index (κ3) is 2.21. The number of nitrogen functional groups attached to an aromatic ring is 1. The van der Waals surface area contributed by atoms with Crippen molar-refractivity contribution in [3.63, 3.8) is 0 Å².